The second kappa shape index (κ2) is 11.9. The monoisotopic (exact) mass is 480 g/mol. The molecule has 2 aromatic rings. The minimum Gasteiger partial charge on any atom is -0.480 e. The minimum atomic E-state index is -1.04. The van der Waals surface area contributed by atoms with Crippen molar-refractivity contribution < 1.29 is 24.2 Å². The van der Waals surface area contributed by atoms with E-state index in [1.54, 1.807) is 6.92 Å². The average molecular weight is 481 g/mol. The summed E-state index contributed by atoms with van der Waals surface area (Å²) in [5.41, 5.74) is 4.63. The van der Waals surface area contributed by atoms with Crippen LogP contribution in [0.1, 0.15) is 57.6 Å². The van der Waals surface area contributed by atoms with Gasteiger partial charge < -0.3 is 20.5 Å². The zero-order valence-electron chi connectivity index (χ0n) is 20.9. The Morgan fingerprint density at radius 2 is 1.54 bits per heavy atom. The highest BCUT2D eigenvalue weighted by Gasteiger charge is 2.30. The number of amides is 2. The van der Waals surface area contributed by atoms with Gasteiger partial charge in [-0.25, -0.2) is 9.59 Å². The molecule has 0 saturated carbocycles. The fourth-order valence-electron chi connectivity index (χ4n) is 4.56. The zero-order chi connectivity index (χ0) is 25.5. The van der Waals surface area contributed by atoms with Crippen molar-refractivity contribution in [2.75, 3.05) is 13.2 Å². The number of hydrogen-bond acceptors (Lipinski definition) is 4. The Balaban J connectivity index is 1.54. The molecule has 0 aromatic heterocycles. The van der Waals surface area contributed by atoms with E-state index in [-0.39, 0.29) is 49.2 Å². The molecule has 0 heterocycles. The molecule has 3 N–H and O–H groups in total. The number of carboxylic acids is 1. The van der Waals surface area contributed by atoms with Gasteiger partial charge in [0.25, 0.3) is 0 Å². The van der Waals surface area contributed by atoms with Gasteiger partial charge in [0, 0.05) is 18.9 Å². The molecule has 0 aliphatic heterocycles. The topological polar surface area (TPSA) is 105 Å². The van der Waals surface area contributed by atoms with Crippen LogP contribution in [-0.2, 0) is 14.3 Å². The molecule has 3 rings (SSSR count). The first-order valence-corrected chi connectivity index (χ1v) is 12.3. The quantitative estimate of drug-likeness (QED) is 0.428. The van der Waals surface area contributed by atoms with E-state index in [0.717, 1.165) is 11.1 Å². The van der Waals surface area contributed by atoms with Crippen molar-refractivity contribution in [1.82, 2.24) is 10.6 Å². The number of carbonyl (C=O) groups excluding carboxylic acids is 2. The number of benzene rings is 2. The van der Waals surface area contributed by atoms with Crippen molar-refractivity contribution in [3.8, 4) is 11.1 Å². The number of ether oxygens (including phenoxy) is 1. The van der Waals surface area contributed by atoms with Gasteiger partial charge in [-0.15, -0.1) is 0 Å². The van der Waals surface area contributed by atoms with Crippen LogP contribution >= 0.6 is 0 Å². The van der Waals surface area contributed by atoms with Crippen LogP contribution in [0, 0.1) is 17.8 Å². The van der Waals surface area contributed by atoms with Crippen LogP contribution < -0.4 is 10.6 Å². The van der Waals surface area contributed by atoms with Gasteiger partial charge in [0.05, 0.1) is 0 Å². The van der Waals surface area contributed by atoms with E-state index >= 15 is 0 Å². The molecule has 3 unspecified atom stereocenters. The van der Waals surface area contributed by atoms with Crippen LogP contribution in [-0.4, -0.2) is 42.3 Å². The molecule has 0 saturated heterocycles. The Morgan fingerprint density at radius 3 is 2.06 bits per heavy atom. The lowest BCUT2D eigenvalue weighted by Crippen LogP contribution is -2.46. The lowest BCUT2D eigenvalue weighted by Gasteiger charge is -2.24. The third kappa shape index (κ3) is 6.41. The normalized spacial score (nSPS) is 15.0. The first-order valence-electron chi connectivity index (χ1n) is 12.3. The molecule has 3 atom stereocenters. The van der Waals surface area contributed by atoms with E-state index < -0.39 is 18.1 Å². The minimum absolute atomic E-state index is 0.0201. The Kier molecular flexibility index (Phi) is 8.90. The number of carboxylic acid groups (broad SMARTS) is 1. The summed E-state index contributed by atoms with van der Waals surface area (Å²) in [6.07, 6.45) is 0.247. The molecule has 1 aliphatic rings. The van der Waals surface area contributed by atoms with Gasteiger partial charge in [0.15, 0.2) is 0 Å². The first kappa shape index (κ1) is 26.3. The maximum absolute atomic E-state index is 12.6. The van der Waals surface area contributed by atoms with E-state index in [2.05, 4.69) is 34.9 Å². The molecule has 1 aliphatic carbocycles. The van der Waals surface area contributed by atoms with E-state index in [1.165, 1.54) is 11.1 Å². The van der Waals surface area contributed by atoms with Gasteiger partial charge in [0.1, 0.15) is 12.6 Å². The summed E-state index contributed by atoms with van der Waals surface area (Å²) in [6.45, 7) is 8.13. The fourth-order valence-corrected chi connectivity index (χ4v) is 4.56. The molecule has 7 heteroatoms. The Labute approximate surface area is 207 Å². The standard InChI is InChI=1S/C28H36N2O5/c1-5-18(4)26(27(32)33)30-25(31)14-19(17(2)3)15-29-28(34)35-16-24-22-12-8-6-10-20(22)21-11-7-9-13-23(21)24/h6-13,17-19,24,26H,5,14-16H2,1-4H3,(H,29,34)(H,30,31)(H,32,33). The Bertz CT molecular complexity index is 1010. The highest BCUT2D eigenvalue weighted by Crippen LogP contribution is 2.44. The molecule has 0 fully saturated rings. The largest absolute Gasteiger partial charge is 0.480 e. The summed E-state index contributed by atoms with van der Waals surface area (Å²) in [4.78, 5) is 36.6. The van der Waals surface area contributed by atoms with Crippen molar-refractivity contribution in [2.45, 2.75) is 52.5 Å². The Hall–Kier alpha value is -3.35. The highest BCUT2D eigenvalue weighted by molar-refractivity contribution is 5.84. The lowest BCUT2D eigenvalue weighted by atomic mass is 9.91. The van der Waals surface area contributed by atoms with Gasteiger partial charge in [-0.05, 0) is 40.0 Å². The second-order valence-corrected chi connectivity index (χ2v) is 9.68. The molecule has 2 aromatic carbocycles. The van der Waals surface area contributed by atoms with Gasteiger partial charge >= 0.3 is 12.1 Å². The van der Waals surface area contributed by atoms with Gasteiger partial charge in [0.2, 0.25) is 5.91 Å². The van der Waals surface area contributed by atoms with Crippen LogP contribution in [0.15, 0.2) is 48.5 Å². The van der Waals surface area contributed by atoms with Gasteiger partial charge in [-0.1, -0.05) is 82.6 Å². The summed E-state index contributed by atoms with van der Waals surface area (Å²) >= 11 is 0. The number of alkyl carbamates (subject to hydrolysis) is 1. The van der Waals surface area contributed by atoms with Crippen LogP contribution in [0.2, 0.25) is 0 Å². The number of aliphatic carboxylic acids is 1. The van der Waals surface area contributed by atoms with Crippen molar-refractivity contribution >= 4 is 18.0 Å². The van der Waals surface area contributed by atoms with Crippen molar-refractivity contribution in [1.29, 1.82) is 0 Å². The summed E-state index contributed by atoms with van der Waals surface area (Å²) in [5, 5.41) is 14.9. The second-order valence-electron chi connectivity index (χ2n) is 9.68. The number of fused-ring (bicyclic) bond motifs is 3. The summed E-state index contributed by atoms with van der Waals surface area (Å²) in [7, 11) is 0. The lowest BCUT2D eigenvalue weighted by molar-refractivity contribution is -0.143. The fraction of sp³-hybridized carbons (Fsp3) is 0.464. The Morgan fingerprint density at radius 1 is 0.971 bits per heavy atom. The first-order chi connectivity index (χ1) is 16.7. The van der Waals surface area contributed by atoms with Crippen LogP contribution in [0.4, 0.5) is 4.79 Å². The van der Waals surface area contributed by atoms with Crippen molar-refractivity contribution in [2.24, 2.45) is 17.8 Å². The number of nitrogens with one attached hydrogen (secondary N) is 2. The van der Waals surface area contributed by atoms with Crippen LogP contribution in [0.5, 0.6) is 0 Å². The smallest absolute Gasteiger partial charge is 0.407 e. The summed E-state index contributed by atoms with van der Waals surface area (Å²) in [6, 6.07) is 15.4. The zero-order valence-corrected chi connectivity index (χ0v) is 20.9. The van der Waals surface area contributed by atoms with E-state index in [9.17, 15) is 19.5 Å². The molecular weight excluding hydrogens is 444 g/mol. The average Bonchev–Trinajstić information content (AvgIpc) is 3.16. The molecule has 188 valence electrons. The van der Waals surface area contributed by atoms with Gasteiger partial charge in [-0.2, -0.15) is 0 Å². The molecule has 7 nitrogen and oxygen atoms in total. The van der Waals surface area contributed by atoms with Crippen LogP contribution in [0.3, 0.4) is 0 Å². The molecule has 0 spiro atoms. The molecular formula is C28H36N2O5. The molecule has 35 heavy (non-hydrogen) atoms. The summed E-state index contributed by atoms with van der Waals surface area (Å²) in [5.74, 6) is -1.60. The maximum atomic E-state index is 12.6. The van der Waals surface area contributed by atoms with E-state index in [1.807, 2.05) is 45.0 Å². The molecule has 0 bridgehead atoms. The van der Waals surface area contributed by atoms with E-state index in [4.69, 9.17) is 4.74 Å². The third-order valence-electron chi connectivity index (χ3n) is 7.04. The predicted molar refractivity (Wildman–Crippen MR) is 135 cm³/mol. The molecule has 2 amide bonds. The van der Waals surface area contributed by atoms with Gasteiger partial charge in [-0.3, -0.25) is 4.79 Å². The van der Waals surface area contributed by atoms with Crippen molar-refractivity contribution in [3.05, 3.63) is 59.7 Å². The van der Waals surface area contributed by atoms with Crippen LogP contribution in [0.25, 0.3) is 11.1 Å². The maximum Gasteiger partial charge on any atom is 0.407 e. The predicted octanol–water partition coefficient (Wildman–Crippen LogP) is 4.80. The highest BCUT2D eigenvalue weighted by atomic mass is 16.5. The number of hydrogen-bond donors (Lipinski definition) is 3. The third-order valence-corrected chi connectivity index (χ3v) is 7.04. The van der Waals surface area contributed by atoms with Crippen molar-refractivity contribution in [3.63, 3.8) is 0 Å². The summed E-state index contributed by atoms with van der Waals surface area (Å²) < 4.78 is 5.59. The van der Waals surface area contributed by atoms with E-state index in [0.29, 0.717) is 6.42 Å². The number of carbonyl (C=O) groups is 3. The number of rotatable bonds is 11. The SMILES string of the molecule is CCC(C)C(NC(=O)CC(CNC(=O)OCC1c2ccccc2-c2ccccc21)C(C)C)C(=O)O. The molecule has 0 radical (unpaired) electrons.